The summed E-state index contributed by atoms with van der Waals surface area (Å²) in [6, 6.07) is 9.95. The highest BCUT2D eigenvalue weighted by Crippen LogP contribution is 2.44. The minimum Gasteiger partial charge on any atom is -0.292 e. The Kier molecular flexibility index (Phi) is 2.81. The van der Waals surface area contributed by atoms with E-state index < -0.39 is 5.41 Å². The Morgan fingerprint density at radius 1 is 1.32 bits per heavy atom. The predicted molar refractivity (Wildman–Crippen MR) is 71.6 cm³/mol. The highest BCUT2D eigenvalue weighted by Gasteiger charge is 2.45. The van der Waals surface area contributed by atoms with Crippen LogP contribution in [0, 0.1) is 0 Å². The van der Waals surface area contributed by atoms with E-state index >= 15 is 0 Å². The molecule has 1 aliphatic rings. The molecule has 5 nitrogen and oxygen atoms in total. The van der Waals surface area contributed by atoms with Gasteiger partial charge in [0.05, 0.1) is 5.41 Å². The number of hydrogen-bond acceptors (Lipinski definition) is 3. The van der Waals surface area contributed by atoms with Crippen LogP contribution in [0.3, 0.4) is 0 Å². The van der Waals surface area contributed by atoms with Crippen LogP contribution in [-0.2, 0) is 17.3 Å². The maximum absolute atomic E-state index is 12.5. The summed E-state index contributed by atoms with van der Waals surface area (Å²) in [6.07, 6.45) is 4.43. The molecule has 0 aliphatic heterocycles. The summed E-state index contributed by atoms with van der Waals surface area (Å²) in [6.45, 7) is 0. The largest absolute Gasteiger partial charge is 0.292 e. The normalized spacial score (nSPS) is 16.7. The molecule has 1 fully saturated rings. The van der Waals surface area contributed by atoms with Crippen molar-refractivity contribution in [3.05, 3.63) is 42.2 Å². The number of hydrogen-bond donors (Lipinski definition) is 1. The fourth-order valence-electron chi connectivity index (χ4n) is 2.55. The SMILES string of the molecule is Cn1cnc(NC(=O)C2(c3ccccc3)CCC2)n1. The van der Waals surface area contributed by atoms with Gasteiger partial charge in [-0.05, 0) is 18.4 Å². The Morgan fingerprint density at radius 2 is 2.05 bits per heavy atom. The third kappa shape index (κ3) is 2.01. The average Bonchev–Trinajstić information content (AvgIpc) is 2.75. The van der Waals surface area contributed by atoms with Gasteiger partial charge in [-0.25, -0.2) is 4.98 Å². The van der Waals surface area contributed by atoms with Crippen LogP contribution in [0.2, 0.25) is 0 Å². The van der Waals surface area contributed by atoms with Crippen molar-refractivity contribution < 1.29 is 4.79 Å². The van der Waals surface area contributed by atoms with E-state index in [0.717, 1.165) is 24.8 Å². The number of amides is 1. The van der Waals surface area contributed by atoms with Gasteiger partial charge in [0.25, 0.3) is 0 Å². The van der Waals surface area contributed by atoms with Crippen molar-refractivity contribution in [1.29, 1.82) is 0 Å². The van der Waals surface area contributed by atoms with Gasteiger partial charge in [0.2, 0.25) is 11.9 Å². The van der Waals surface area contributed by atoms with Gasteiger partial charge in [-0.3, -0.25) is 14.8 Å². The Morgan fingerprint density at radius 3 is 2.58 bits per heavy atom. The fourth-order valence-corrected chi connectivity index (χ4v) is 2.55. The molecule has 5 heteroatoms. The first kappa shape index (κ1) is 11.9. The van der Waals surface area contributed by atoms with E-state index in [0.29, 0.717) is 5.95 Å². The molecule has 0 saturated heterocycles. The third-order valence-electron chi connectivity index (χ3n) is 3.79. The van der Waals surface area contributed by atoms with Crippen molar-refractivity contribution in [1.82, 2.24) is 14.8 Å². The minimum absolute atomic E-state index is 0.00356. The van der Waals surface area contributed by atoms with Crippen molar-refractivity contribution in [3.63, 3.8) is 0 Å². The van der Waals surface area contributed by atoms with E-state index in [9.17, 15) is 4.79 Å². The average molecular weight is 256 g/mol. The standard InChI is InChI=1S/C14H16N4O/c1-18-10-15-13(17-18)16-12(19)14(8-5-9-14)11-6-3-2-4-7-11/h2-4,6-7,10H,5,8-9H2,1H3,(H,16,17,19). The molecule has 98 valence electrons. The van der Waals surface area contributed by atoms with Crippen LogP contribution in [0.25, 0.3) is 0 Å². The number of rotatable bonds is 3. The van der Waals surface area contributed by atoms with Crippen LogP contribution in [0.15, 0.2) is 36.7 Å². The summed E-state index contributed by atoms with van der Waals surface area (Å²) in [4.78, 5) is 16.6. The summed E-state index contributed by atoms with van der Waals surface area (Å²) in [5.74, 6) is 0.367. The molecule has 0 radical (unpaired) electrons. The van der Waals surface area contributed by atoms with Crippen LogP contribution in [-0.4, -0.2) is 20.7 Å². The maximum Gasteiger partial charge on any atom is 0.248 e. The molecule has 1 amide bonds. The van der Waals surface area contributed by atoms with Crippen molar-refractivity contribution in [2.75, 3.05) is 5.32 Å². The number of carbonyl (C=O) groups is 1. The molecule has 0 atom stereocenters. The second kappa shape index (κ2) is 4.50. The van der Waals surface area contributed by atoms with Crippen molar-refractivity contribution in [2.45, 2.75) is 24.7 Å². The summed E-state index contributed by atoms with van der Waals surface area (Å²) in [5.41, 5.74) is 0.676. The lowest BCUT2D eigenvalue weighted by Crippen LogP contribution is -2.46. The monoisotopic (exact) mass is 256 g/mol. The molecular formula is C14H16N4O. The van der Waals surface area contributed by atoms with Crippen molar-refractivity contribution in [2.24, 2.45) is 7.05 Å². The molecule has 1 aromatic carbocycles. The number of aryl methyl sites for hydroxylation is 1. The zero-order valence-electron chi connectivity index (χ0n) is 10.8. The van der Waals surface area contributed by atoms with E-state index in [1.807, 2.05) is 30.3 Å². The second-order valence-corrected chi connectivity index (χ2v) is 5.00. The maximum atomic E-state index is 12.5. The van der Waals surface area contributed by atoms with E-state index in [1.165, 1.54) is 0 Å². The molecule has 0 spiro atoms. The predicted octanol–water partition coefficient (Wildman–Crippen LogP) is 1.88. The summed E-state index contributed by atoms with van der Waals surface area (Å²) >= 11 is 0. The quantitative estimate of drug-likeness (QED) is 0.912. The molecule has 1 heterocycles. The van der Waals surface area contributed by atoms with Gasteiger partial charge in [-0.15, -0.1) is 5.10 Å². The van der Waals surface area contributed by atoms with Gasteiger partial charge in [0, 0.05) is 7.05 Å². The van der Waals surface area contributed by atoms with Gasteiger partial charge >= 0.3 is 0 Å². The Balaban J connectivity index is 1.84. The molecule has 1 aliphatic carbocycles. The number of anilines is 1. The summed E-state index contributed by atoms with van der Waals surface area (Å²) in [7, 11) is 1.78. The summed E-state index contributed by atoms with van der Waals surface area (Å²) in [5, 5.41) is 6.91. The highest BCUT2D eigenvalue weighted by atomic mass is 16.2. The molecular weight excluding hydrogens is 240 g/mol. The van der Waals surface area contributed by atoms with Crippen LogP contribution < -0.4 is 5.32 Å². The van der Waals surface area contributed by atoms with Crippen LogP contribution in [0.5, 0.6) is 0 Å². The Labute approximate surface area is 111 Å². The molecule has 1 saturated carbocycles. The van der Waals surface area contributed by atoms with Crippen molar-refractivity contribution >= 4 is 11.9 Å². The third-order valence-corrected chi connectivity index (χ3v) is 3.79. The van der Waals surface area contributed by atoms with Gasteiger partial charge < -0.3 is 0 Å². The lowest BCUT2D eigenvalue weighted by molar-refractivity contribution is -0.124. The zero-order valence-corrected chi connectivity index (χ0v) is 10.8. The van der Waals surface area contributed by atoms with E-state index in [-0.39, 0.29) is 5.91 Å². The Bertz CT molecular complexity index is 587. The fraction of sp³-hybridized carbons (Fsp3) is 0.357. The van der Waals surface area contributed by atoms with Gasteiger partial charge in [-0.2, -0.15) is 0 Å². The summed E-state index contributed by atoms with van der Waals surface area (Å²) < 4.78 is 1.57. The Hall–Kier alpha value is -2.17. The molecule has 2 aromatic rings. The first-order chi connectivity index (χ1) is 9.21. The lowest BCUT2D eigenvalue weighted by atomic mass is 9.64. The number of nitrogens with one attached hydrogen (secondary N) is 1. The number of carbonyl (C=O) groups excluding carboxylic acids is 1. The van der Waals surface area contributed by atoms with E-state index in [1.54, 1.807) is 18.1 Å². The first-order valence-corrected chi connectivity index (χ1v) is 6.43. The molecule has 19 heavy (non-hydrogen) atoms. The second-order valence-electron chi connectivity index (χ2n) is 5.00. The lowest BCUT2D eigenvalue weighted by Gasteiger charge is -2.40. The van der Waals surface area contributed by atoms with Crippen LogP contribution in [0.4, 0.5) is 5.95 Å². The van der Waals surface area contributed by atoms with Gasteiger partial charge in [-0.1, -0.05) is 36.8 Å². The first-order valence-electron chi connectivity index (χ1n) is 6.43. The molecule has 0 unspecified atom stereocenters. The van der Waals surface area contributed by atoms with Gasteiger partial charge in [0.1, 0.15) is 6.33 Å². The number of nitrogens with zero attached hydrogens (tertiary/aromatic N) is 3. The topological polar surface area (TPSA) is 59.8 Å². The molecule has 1 aromatic heterocycles. The number of benzene rings is 1. The zero-order chi connectivity index (χ0) is 13.3. The smallest absolute Gasteiger partial charge is 0.248 e. The number of aromatic nitrogens is 3. The van der Waals surface area contributed by atoms with Gasteiger partial charge in [0.15, 0.2) is 0 Å². The van der Waals surface area contributed by atoms with E-state index in [4.69, 9.17) is 0 Å². The van der Waals surface area contributed by atoms with Crippen molar-refractivity contribution in [3.8, 4) is 0 Å². The minimum atomic E-state index is -0.402. The van der Waals surface area contributed by atoms with Crippen LogP contribution >= 0.6 is 0 Å². The van der Waals surface area contributed by atoms with E-state index in [2.05, 4.69) is 15.4 Å². The molecule has 3 rings (SSSR count). The highest BCUT2D eigenvalue weighted by molar-refractivity contribution is 5.98. The molecule has 0 bridgehead atoms. The molecule has 1 N–H and O–H groups in total. The van der Waals surface area contributed by atoms with Crippen LogP contribution in [0.1, 0.15) is 24.8 Å².